The molecule has 324 valence electrons. The van der Waals surface area contributed by atoms with Crippen LogP contribution < -0.4 is 31.2 Å². The molecule has 5 nitrogen and oxygen atoms in total. The van der Waals surface area contributed by atoms with E-state index in [-0.39, 0.29) is 12.1 Å². The van der Waals surface area contributed by atoms with Crippen molar-refractivity contribution in [2.24, 2.45) is 0 Å². The summed E-state index contributed by atoms with van der Waals surface area (Å²) in [6, 6.07) is 69.4. The van der Waals surface area contributed by atoms with E-state index in [1.54, 1.807) is 0 Å². The first-order valence-electron chi connectivity index (χ1n) is 23.4. The molecule has 0 fully saturated rings. The number of benzene rings is 8. The molecule has 8 aromatic carbocycles. The number of thiophene rings is 2. The fraction of sp³-hybridized carbons (Fsp3) is 0.0833. The van der Waals surface area contributed by atoms with Crippen molar-refractivity contribution in [3.8, 4) is 0 Å². The largest absolute Gasteiger partial charge is 0.310 e. The van der Waals surface area contributed by atoms with E-state index in [0.717, 1.165) is 39.8 Å². The smallest absolute Gasteiger partial charge is 0.277 e. The van der Waals surface area contributed by atoms with E-state index in [0.29, 0.717) is 0 Å². The number of aryl methyl sites for hydroxylation is 1. The van der Waals surface area contributed by atoms with Crippen molar-refractivity contribution in [3.05, 3.63) is 205 Å². The minimum atomic E-state index is -0.157. The number of para-hydroxylation sites is 2. The number of imidazole rings is 1. The van der Waals surface area contributed by atoms with Crippen molar-refractivity contribution in [1.29, 1.82) is 0 Å². The molecule has 0 amide bonds. The molecule has 0 N–H and O–H groups in total. The zero-order valence-electron chi connectivity index (χ0n) is 38.1. The van der Waals surface area contributed by atoms with Crippen molar-refractivity contribution >= 4 is 143 Å². The fourth-order valence-corrected chi connectivity index (χ4v) is 13.5. The molecule has 0 radical (unpaired) electrons. The van der Waals surface area contributed by atoms with Crippen LogP contribution in [-0.2, 0) is 5.41 Å². The summed E-state index contributed by atoms with van der Waals surface area (Å²) in [6.07, 6.45) is 2.35. The highest BCUT2D eigenvalue weighted by Gasteiger charge is 2.47. The quantitative estimate of drug-likeness (QED) is 0.161. The summed E-state index contributed by atoms with van der Waals surface area (Å²) in [7, 11) is 0. The number of fused-ring (bicyclic) bond motifs is 12. The molecule has 0 bridgehead atoms. The summed E-state index contributed by atoms with van der Waals surface area (Å²) in [6.45, 7) is 9.01. The fourth-order valence-electron chi connectivity index (χ4n) is 11.0. The Morgan fingerprint density at radius 1 is 0.500 bits per heavy atom. The zero-order valence-corrected chi connectivity index (χ0v) is 39.7. The maximum Gasteiger partial charge on any atom is 0.277 e. The Balaban J connectivity index is 1.11. The van der Waals surface area contributed by atoms with Gasteiger partial charge in [0, 0.05) is 71.3 Å². The van der Waals surface area contributed by atoms with Gasteiger partial charge < -0.3 is 9.80 Å². The molecule has 8 heteroatoms. The molecular weight excluding hydrogens is 866 g/mol. The van der Waals surface area contributed by atoms with Crippen molar-refractivity contribution in [1.82, 2.24) is 9.38 Å². The van der Waals surface area contributed by atoms with Crippen LogP contribution in [0.1, 0.15) is 31.9 Å². The maximum atomic E-state index is 5.75. The van der Waals surface area contributed by atoms with Crippen molar-refractivity contribution in [2.45, 2.75) is 33.1 Å². The van der Waals surface area contributed by atoms with E-state index in [1.807, 2.05) is 22.7 Å². The predicted octanol–water partition coefficient (Wildman–Crippen LogP) is 15.2. The SMILES string of the molecule is Cc1cc2c3c(c1)N(c1cccc4c1sc1ccccc14)c1c(nc4ccc(C(C)(C)C)cn14)B3c1ccc(N(c3ccccc3)c3ccccc3)cc1N2c1cccc2c1sc1ccccc12. The maximum absolute atomic E-state index is 5.75. The van der Waals surface area contributed by atoms with Crippen LogP contribution >= 0.6 is 22.7 Å². The van der Waals surface area contributed by atoms with Crippen LogP contribution in [0.15, 0.2) is 194 Å². The first-order chi connectivity index (χ1) is 33.3. The molecular formula is C60H44BN5S2. The number of pyridine rings is 1. The van der Waals surface area contributed by atoms with Gasteiger partial charge in [-0.25, -0.2) is 4.98 Å². The molecule has 0 spiro atoms. The summed E-state index contributed by atoms with van der Waals surface area (Å²) in [5, 5.41) is 5.12. The molecule has 2 aliphatic rings. The van der Waals surface area contributed by atoms with Crippen LogP contribution in [0.25, 0.3) is 46.0 Å². The average Bonchev–Trinajstić information content (AvgIpc) is 4.06. The Hall–Kier alpha value is -7.65. The normalized spacial score (nSPS) is 13.2. The summed E-state index contributed by atoms with van der Waals surface area (Å²) >= 11 is 3.76. The van der Waals surface area contributed by atoms with Gasteiger partial charge in [0.1, 0.15) is 11.5 Å². The van der Waals surface area contributed by atoms with Gasteiger partial charge in [0.05, 0.1) is 26.4 Å². The highest BCUT2D eigenvalue weighted by Crippen LogP contribution is 2.51. The van der Waals surface area contributed by atoms with E-state index in [9.17, 15) is 0 Å². The minimum absolute atomic E-state index is 0.0661. The summed E-state index contributed by atoms with van der Waals surface area (Å²) < 4.78 is 7.50. The highest BCUT2D eigenvalue weighted by atomic mass is 32.1. The number of rotatable bonds is 5. The van der Waals surface area contributed by atoms with Crippen LogP contribution in [0.3, 0.4) is 0 Å². The molecule has 4 aromatic heterocycles. The van der Waals surface area contributed by atoms with Crippen molar-refractivity contribution in [3.63, 3.8) is 0 Å². The average molecular weight is 910 g/mol. The number of anilines is 9. The lowest BCUT2D eigenvalue weighted by Crippen LogP contribution is -2.62. The second-order valence-corrected chi connectivity index (χ2v) is 21.4. The number of hydrogen-bond acceptors (Lipinski definition) is 6. The molecule has 14 rings (SSSR count). The summed E-state index contributed by atoms with van der Waals surface area (Å²) in [5.74, 6) is 1.09. The second kappa shape index (κ2) is 14.7. The first kappa shape index (κ1) is 39.5. The lowest BCUT2D eigenvalue weighted by atomic mass is 9.35. The van der Waals surface area contributed by atoms with Gasteiger partial charge in [-0.3, -0.25) is 9.30 Å². The standard InChI is InChI=1S/C60H44BN5S2/c1-37-33-50-55-51(34-37)66(48-26-16-24-45-43-22-12-14-28-53(43)68-57(45)48)59-58(62-54-32-29-38(36-63(54)59)60(2,3)4)61(55)46-31-30-41(64(39-17-7-5-8-18-39)40-19-9-6-10-20-40)35-49(46)65(50)47-25-15-23-44-42-21-11-13-27-52(42)67-56(44)47/h5-36H,1-4H3. The lowest BCUT2D eigenvalue weighted by Gasteiger charge is -2.43. The molecule has 0 atom stereocenters. The predicted molar refractivity (Wildman–Crippen MR) is 293 cm³/mol. The molecule has 0 saturated heterocycles. The van der Waals surface area contributed by atoms with Crippen LogP contribution in [0.2, 0.25) is 0 Å². The van der Waals surface area contributed by atoms with E-state index in [4.69, 9.17) is 4.98 Å². The van der Waals surface area contributed by atoms with Gasteiger partial charge in [-0.1, -0.05) is 130 Å². The molecule has 0 saturated carbocycles. The summed E-state index contributed by atoms with van der Waals surface area (Å²) in [4.78, 5) is 13.3. The van der Waals surface area contributed by atoms with Gasteiger partial charge in [0.15, 0.2) is 0 Å². The number of hydrogen-bond donors (Lipinski definition) is 0. The molecule has 0 aliphatic carbocycles. The van der Waals surface area contributed by atoms with Crippen molar-refractivity contribution < 1.29 is 0 Å². The van der Waals surface area contributed by atoms with Gasteiger partial charge in [-0.15, -0.1) is 22.7 Å². The third-order valence-corrected chi connectivity index (χ3v) is 16.5. The van der Waals surface area contributed by atoms with E-state index >= 15 is 0 Å². The van der Waals surface area contributed by atoms with E-state index in [1.165, 1.54) is 85.1 Å². The Kier molecular flexibility index (Phi) is 8.53. The van der Waals surface area contributed by atoms with Crippen LogP contribution in [-0.4, -0.2) is 16.1 Å². The van der Waals surface area contributed by atoms with Crippen LogP contribution in [0.5, 0.6) is 0 Å². The zero-order chi connectivity index (χ0) is 45.4. The van der Waals surface area contributed by atoms with Gasteiger partial charge >= 0.3 is 0 Å². The van der Waals surface area contributed by atoms with Gasteiger partial charge in [-0.2, -0.15) is 0 Å². The molecule has 68 heavy (non-hydrogen) atoms. The molecule has 12 aromatic rings. The molecule has 2 aliphatic heterocycles. The lowest BCUT2D eigenvalue weighted by molar-refractivity contribution is 0.586. The minimum Gasteiger partial charge on any atom is -0.310 e. The highest BCUT2D eigenvalue weighted by molar-refractivity contribution is 7.27. The summed E-state index contributed by atoms with van der Waals surface area (Å²) in [5.41, 5.74) is 16.0. The third-order valence-electron chi connectivity index (χ3n) is 14.1. The van der Waals surface area contributed by atoms with Crippen LogP contribution in [0.4, 0.5) is 51.3 Å². The second-order valence-electron chi connectivity index (χ2n) is 19.3. The number of aromatic nitrogens is 2. The number of nitrogens with zero attached hydrogens (tertiary/aromatic N) is 5. The van der Waals surface area contributed by atoms with Gasteiger partial charge in [0.25, 0.3) is 6.71 Å². The van der Waals surface area contributed by atoms with Gasteiger partial charge in [-0.05, 0) is 113 Å². The Labute approximate surface area is 403 Å². The molecule has 0 unspecified atom stereocenters. The Morgan fingerprint density at radius 3 is 1.68 bits per heavy atom. The first-order valence-corrected chi connectivity index (χ1v) is 25.0. The van der Waals surface area contributed by atoms with E-state index in [2.05, 4.69) is 241 Å². The topological polar surface area (TPSA) is 27.0 Å². The third kappa shape index (κ3) is 5.77. The Morgan fingerprint density at radius 2 is 1.06 bits per heavy atom. The monoisotopic (exact) mass is 909 g/mol. The van der Waals surface area contributed by atoms with Gasteiger partial charge in [0.2, 0.25) is 0 Å². The van der Waals surface area contributed by atoms with E-state index < -0.39 is 0 Å². The van der Waals surface area contributed by atoms with Crippen LogP contribution in [0, 0.1) is 6.92 Å². The Bertz CT molecular complexity index is 3970. The molecule has 6 heterocycles. The van der Waals surface area contributed by atoms with Crippen molar-refractivity contribution in [2.75, 3.05) is 14.7 Å².